The van der Waals surface area contributed by atoms with Crippen molar-refractivity contribution in [1.82, 2.24) is 9.99 Å². The normalized spacial score (nSPS) is 11.9. The summed E-state index contributed by atoms with van der Waals surface area (Å²) < 4.78 is 40.8. The molecule has 1 heterocycles. The van der Waals surface area contributed by atoms with Crippen LogP contribution in [0.5, 0.6) is 0 Å². The van der Waals surface area contributed by atoms with Crippen molar-refractivity contribution in [3.8, 4) is 0 Å². The van der Waals surface area contributed by atoms with Crippen LogP contribution in [0.3, 0.4) is 0 Å². The number of carbonyl (C=O) groups excluding carboxylic acids is 1. The third kappa shape index (κ3) is 4.95. The van der Waals surface area contributed by atoms with Crippen molar-refractivity contribution in [2.24, 2.45) is 5.10 Å². The average Bonchev–Trinajstić information content (AvgIpc) is 3.06. The van der Waals surface area contributed by atoms with Crippen molar-refractivity contribution in [3.05, 3.63) is 105 Å². The Morgan fingerprint density at radius 3 is 2.56 bits per heavy atom. The summed E-state index contributed by atoms with van der Waals surface area (Å²) in [4.78, 5) is 12.4. The van der Waals surface area contributed by atoms with Crippen molar-refractivity contribution in [2.75, 3.05) is 0 Å². The van der Waals surface area contributed by atoms with Crippen LogP contribution >= 0.6 is 23.2 Å². The van der Waals surface area contributed by atoms with Gasteiger partial charge in [0.2, 0.25) is 0 Å². The molecule has 34 heavy (non-hydrogen) atoms. The van der Waals surface area contributed by atoms with Crippen molar-refractivity contribution < 1.29 is 18.0 Å². The predicted molar refractivity (Wildman–Crippen MR) is 129 cm³/mol. The van der Waals surface area contributed by atoms with Crippen LogP contribution in [0.25, 0.3) is 10.9 Å². The quantitative estimate of drug-likeness (QED) is 0.229. The molecule has 0 unspecified atom stereocenters. The second-order valence-corrected chi connectivity index (χ2v) is 8.46. The standard InChI is InChI=1S/C25H18Cl2F3N3O/c1-15-21(13-31-32-24(34)16-5-4-6-18(11-16)25(28,29)30)20-7-2-3-8-23(20)33(15)14-17-9-10-19(26)12-22(17)27/h2-13H,14H2,1H3,(H,32,34)/b31-13-. The van der Waals surface area contributed by atoms with Gasteiger partial charge < -0.3 is 4.57 Å². The highest BCUT2D eigenvalue weighted by molar-refractivity contribution is 6.35. The molecule has 0 atom stereocenters. The fraction of sp³-hybridized carbons (Fsp3) is 0.120. The molecule has 4 aromatic rings. The number of fused-ring (bicyclic) bond motifs is 1. The molecule has 9 heteroatoms. The molecule has 0 fully saturated rings. The number of rotatable bonds is 5. The van der Waals surface area contributed by atoms with Crippen LogP contribution < -0.4 is 5.43 Å². The van der Waals surface area contributed by atoms with Crippen LogP contribution in [0.4, 0.5) is 13.2 Å². The van der Waals surface area contributed by atoms with Crippen LogP contribution in [0, 0.1) is 6.92 Å². The Morgan fingerprint density at radius 1 is 1.06 bits per heavy atom. The van der Waals surface area contributed by atoms with E-state index in [0.29, 0.717) is 16.6 Å². The average molecular weight is 504 g/mol. The molecule has 3 aromatic carbocycles. The Morgan fingerprint density at radius 2 is 1.82 bits per heavy atom. The lowest BCUT2D eigenvalue weighted by Gasteiger charge is -2.10. The highest BCUT2D eigenvalue weighted by atomic mass is 35.5. The lowest BCUT2D eigenvalue weighted by molar-refractivity contribution is -0.137. The van der Waals surface area contributed by atoms with Gasteiger partial charge >= 0.3 is 6.18 Å². The summed E-state index contributed by atoms with van der Waals surface area (Å²) in [6.07, 6.45) is -3.05. The van der Waals surface area contributed by atoms with Gasteiger partial charge in [-0.05, 0) is 48.9 Å². The third-order valence-corrected chi connectivity index (χ3v) is 6.02. The number of para-hydroxylation sites is 1. The van der Waals surface area contributed by atoms with Crippen molar-refractivity contribution in [2.45, 2.75) is 19.6 Å². The third-order valence-electron chi connectivity index (χ3n) is 5.44. The summed E-state index contributed by atoms with van der Waals surface area (Å²) in [5, 5.41) is 6.01. The summed E-state index contributed by atoms with van der Waals surface area (Å²) >= 11 is 12.4. The molecule has 0 aliphatic heterocycles. The number of hydrogen-bond acceptors (Lipinski definition) is 2. The van der Waals surface area contributed by atoms with E-state index >= 15 is 0 Å². The smallest absolute Gasteiger partial charge is 0.340 e. The molecule has 4 rings (SSSR count). The van der Waals surface area contributed by atoms with Crippen LogP contribution in [0.1, 0.15) is 32.7 Å². The SMILES string of the molecule is Cc1c(/C=N\NC(=O)c2cccc(C(F)(F)F)c2)c2ccccc2n1Cc1ccc(Cl)cc1Cl. The van der Waals surface area contributed by atoms with E-state index in [1.165, 1.54) is 18.3 Å². The fourth-order valence-corrected chi connectivity index (χ4v) is 4.17. The van der Waals surface area contributed by atoms with Gasteiger partial charge in [-0.15, -0.1) is 0 Å². The number of halogens is 5. The van der Waals surface area contributed by atoms with Crippen molar-refractivity contribution in [3.63, 3.8) is 0 Å². The molecule has 1 amide bonds. The van der Waals surface area contributed by atoms with Gasteiger partial charge in [0.05, 0.1) is 11.8 Å². The van der Waals surface area contributed by atoms with Gasteiger partial charge in [0.15, 0.2) is 0 Å². The number of amides is 1. The minimum Gasteiger partial charge on any atom is -0.340 e. The van der Waals surface area contributed by atoms with E-state index in [2.05, 4.69) is 15.1 Å². The van der Waals surface area contributed by atoms with Crippen LogP contribution in [-0.4, -0.2) is 16.7 Å². The predicted octanol–water partition coefficient (Wildman–Crippen LogP) is 7.09. The number of alkyl halides is 3. The van der Waals surface area contributed by atoms with Gasteiger partial charge in [-0.2, -0.15) is 18.3 Å². The molecule has 4 nitrogen and oxygen atoms in total. The molecule has 0 aliphatic carbocycles. The number of benzene rings is 3. The summed E-state index contributed by atoms with van der Waals surface area (Å²) in [7, 11) is 0. The number of aromatic nitrogens is 1. The largest absolute Gasteiger partial charge is 0.416 e. The lowest BCUT2D eigenvalue weighted by atomic mass is 10.1. The highest BCUT2D eigenvalue weighted by Crippen LogP contribution is 2.30. The van der Waals surface area contributed by atoms with Gasteiger partial charge in [0, 0.05) is 44.3 Å². The lowest BCUT2D eigenvalue weighted by Crippen LogP contribution is -2.18. The molecule has 1 N–H and O–H groups in total. The molecule has 0 saturated carbocycles. The van der Waals surface area contributed by atoms with E-state index in [9.17, 15) is 18.0 Å². The molecule has 0 saturated heterocycles. The first-order chi connectivity index (χ1) is 16.1. The molecular formula is C25H18Cl2F3N3O. The van der Waals surface area contributed by atoms with E-state index in [0.717, 1.165) is 39.9 Å². The topological polar surface area (TPSA) is 46.4 Å². The van der Waals surface area contributed by atoms with E-state index < -0.39 is 17.6 Å². The zero-order valence-electron chi connectivity index (χ0n) is 17.8. The first kappa shape index (κ1) is 23.9. The van der Waals surface area contributed by atoms with E-state index in [1.807, 2.05) is 37.3 Å². The Kier molecular flexibility index (Phi) is 6.68. The van der Waals surface area contributed by atoms with Crippen LogP contribution in [-0.2, 0) is 12.7 Å². The van der Waals surface area contributed by atoms with Crippen molar-refractivity contribution in [1.29, 1.82) is 0 Å². The zero-order chi connectivity index (χ0) is 24.5. The number of carbonyl (C=O) groups is 1. The van der Waals surface area contributed by atoms with Gasteiger partial charge in [-0.3, -0.25) is 4.79 Å². The second-order valence-electron chi connectivity index (χ2n) is 7.62. The Labute approximate surface area is 203 Å². The maximum absolute atomic E-state index is 12.9. The highest BCUT2D eigenvalue weighted by Gasteiger charge is 2.30. The van der Waals surface area contributed by atoms with Gasteiger partial charge in [0.1, 0.15) is 0 Å². The summed E-state index contributed by atoms with van der Waals surface area (Å²) in [6, 6.07) is 17.2. The maximum atomic E-state index is 12.9. The zero-order valence-corrected chi connectivity index (χ0v) is 19.3. The molecule has 0 aliphatic rings. The van der Waals surface area contributed by atoms with Gasteiger partial charge in [0.25, 0.3) is 5.91 Å². The summed E-state index contributed by atoms with van der Waals surface area (Å²) in [5.41, 5.74) is 4.75. The van der Waals surface area contributed by atoms with E-state index in [1.54, 1.807) is 12.1 Å². The first-order valence-corrected chi connectivity index (χ1v) is 10.9. The molecule has 0 radical (unpaired) electrons. The molecular weight excluding hydrogens is 486 g/mol. The van der Waals surface area contributed by atoms with Gasteiger partial charge in [-0.25, -0.2) is 5.43 Å². The fourth-order valence-electron chi connectivity index (χ4n) is 3.70. The van der Waals surface area contributed by atoms with Crippen molar-refractivity contribution >= 4 is 46.2 Å². The molecule has 174 valence electrons. The first-order valence-electron chi connectivity index (χ1n) is 10.2. The molecule has 0 spiro atoms. The second kappa shape index (κ2) is 9.52. The van der Waals surface area contributed by atoms with Crippen LogP contribution in [0.2, 0.25) is 10.0 Å². The Balaban J connectivity index is 1.61. The minimum atomic E-state index is -4.54. The summed E-state index contributed by atoms with van der Waals surface area (Å²) in [5.74, 6) is -0.739. The summed E-state index contributed by atoms with van der Waals surface area (Å²) in [6.45, 7) is 2.41. The number of nitrogens with zero attached hydrogens (tertiary/aromatic N) is 2. The molecule has 0 bridgehead atoms. The number of hydrazone groups is 1. The van der Waals surface area contributed by atoms with Crippen LogP contribution in [0.15, 0.2) is 71.8 Å². The molecule has 1 aromatic heterocycles. The Hall–Kier alpha value is -3.29. The minimum absolute atomic E-state index is 0.136. The van der Waals surface area contributed by atoms with E-state index in [-0.39, 0.29) is 5.56 Å². The van der Waals surface area contributed by atoms with Gasteiger partial charge in [-0.1, -0.05) is 53.5 Å². The maximum Gasteiger partial charge on any atom is 0.416 e. The Bertz CT molecular complexity index is 1410. The monoisotopic (exact) mass is 503 g/mol. The van der Waals surface area contributed by atoms with E-state index in [4.69, 9.17) is 23.2 Å². The number of hydrogen-bond donors (Lipinski definition) is 1. The number of nitrogens with one attached hydrogen (secondary N) is 1.